The van der Waals surface area contributed by atoms with Crippen LogP contribution < -0.4 is 10.6 Å². The first-order chi connectivity index (χ1) is 11.4. The maximum atomic E-state index is 12.8. The molecule has 2 aromatic rings. The highest BCUT2D eigenvalue weighted by Crippen LogP contribution is 2.29. The number of carbonyl (C=O) groups is 1. The fourth-order valence-electron chi connectivity index (χ4n) is 2.50. The van der Waals surface area contributed by atoms with Crippen molar-refractivity contribution in [2.45, 2.75) is 39.2 Å². The maximum Gasteiger partial charge on any atom is 0.225 e. The van der Waals surface area contributed by atoms with Gasteiger partial charge in [0.05, 0.1) is 0 Å². The number of para-hydroxylation sites is 1. The zero-order valence-electron chi connectivity index (χ0n) is 14.5. The van der Waals surface area contributed by atoms with Gasteiger partial charge in [-0.25, -0.2) is 4.39 Å². The summed E-state index contributed by atoms with van der Waals surface area (Å²) in [5.74, 6) is -0.256. The van der Waals surface area contributed by atoms with Gasteiger partial charge in [-0.3, -0.25) is 4.79 Å². The lowest BCUT2D eigenvalue weighted by Crippen LogP contribution is -2.23. The summed E-state index contributed by atoms with van der Waals surface area (Å²) in [7, 11) is 0. The minimum absolute atomic E-state index is 0.0155. The highest BCUT2D eigenvalue weighted by Gasteiger charge is 2.18. The number of amides is 1. The van der Waals surface area contributed by atoms with E-state index in [1.807, 2.05) is 24.3 Å². The zero-order chi connectivity index (χ0) is 17.6. The van der Waals surface area contributed by atoms with E-state index in [-0.39, 0.29) is 17.1 Å². The molecule has 2 rings (SSSR count). The Balaban J connectivity index is 1.81. The number of hydrogen-bond donors (Lipinski definition) is 2. The molecule has 0 bridgehead atoms. The predicted molar refractivity (Wildman–Crippen MR) is 96.5 cm³/mol. The van der Waals surface area contributed by atoms with Crippen LogP contribution in [0.5, 0.6) is 0 Å². The smallest absolute Gasteiger partial charge is 0.225 e. The third-order valence-electron chi connectivity index (χ3n) is 3.78. The summed E-state index contributed by atoms with van der Waals surface area (Å²) in [6.07, 6.45) is 0.389. The first-order valence-corrected chi connectivity index (χ1v) is 8.21. The van der Waals surface area contributed by atoms with Gasteiger partial charge in [-0.1, -0.05) is 51.1 Å². The Hall–Kier alpha value is -2.20. The van der Waals surface area contributed by atoms with Gasteiger partial charge in [0.15, 0.2) is 0 Å². The van der Waals surface area contributed by atoms with Crippen LogP contribution in [0.15, 0.2) is 48.5 Å². The minimum atomic E-state index is -0.240. The standard InChI is InChI=1S/C20H25FN2O/c1-20(2,3)17-6-4-5-7-18(17)23-19(24)12-13-22-14-15-8-10-16(21)11-9-15/h4-11,22H,12-14H2,1-3H3,(H,23,24). The molecule has 0 saturated heterocycles. The van der Waals surface area contributed by atoms with Crippen LogP contribution in [0, 0.1) is 5.82 Å². The van der Waals surface area contributed by atoms with E-state index in [1.165, 1.54) is 12.1 Å². The Morgan fingerprint density at radius 1 is 1.04 bits per heavy atom. The van der Waals surface area contributed by atoms with Crippen molar-refractivity contribution >= 4 is 11.6 Å². The number of carbonyl (C=O) groups excluding carboxylic acids is 1. The van der Waals surface area contributed by atoms with Crippen molar-refractivity contribution in [3.63, 3.8) is 0 Å². The average molecular weight is 328 g/mol. The van der Waals surface area contributed by atoms with Gasteiger partial charge in [-0.15, -0.1) is 0 Å². The van der Waals surface area contributed by atoms with Crippen molar-refractivity contribution in [1.82, 2.24) is 5.32 Å². The largest absolute Gasteiger partial charge is 0.326 e. The number of anilines is 1. The highest BCUT2D eigenvalue weighted by molar-refractivity contribution is 5.91. The highest BCUT2D eigenvalue weighted by atomic mass is 19.1. The summed E-state index contributed by atoms with van der Waals surface area (Å²) in [6.45, 7) is 7.57. The first kappa shape index (κ1) is 18.1. The number of benzene rings is 2. The number of rotatable bonds is 6. The van der Waals surface area contributed by atoms with Crippen LogP contribution >= 0.6 is 0 Å². The normalized spacial score (nSPS) is 11.3. The molecule has 0 heterocycles. The monoisotopic (exact) mass is 328 g/mol. The summed E-state index contributed by atoms with van der Waals surface area (Å²) in [4.78, 5) is 12.1. The molecule has 0 atom stereocenters. The molecule has 0 radical (unpaired) electrons. The molecule has 4 heteroatoms. The molecule has 2 aromatic carbocycles. The topological polar surface area (TPSA) is 41.1 Å². The second-order valence-electron chi connectivity index (χ2n) is 6.90. The van der Waals surface area contributed by atoms with Crippen LogP contribution in [-0.2, 0) is 16.8 Å². The molecular weight excluding hydrogens is 303 g/mol. The van der Waals surface area contributed by atoms with Crippen LogP contribution in [-0.4, -0.2) is 12.5 Å². The van der Waals surface area contributed by atoms with E-state index in [0.717, 1.165) is 16.8 Å². The van der Waals surface area contributed by atoms with E-state index in [2.05, 4.69) is 31.4 Å². The van der Waals surface area contributed by atoms with Gasteiger partial charge in [-0.2, -0.15) is 0 Å². The van der Waals surface area contributed by atoms with Crippen LogP contribution in [0.25, 0.3) is 0 Å². The fourth-order valence-corrected chi connectivity index (χ4v) is 2.50. The fraction of sp³-hybridized carbons (Fsp3) is 0.350. The van der Waals surface area contributed by atoms with E-state index in [0.29, 0.717) is 19.5 Å². The molecule has 0 aliphatic heterocycles. The van der Waals surface area contributed by atoms with Gasteiger partial charge in [0.1, 0.15) is 5.82 Å². The van der Waals surface area contributed by atoms with Gasteiger partial charge in [0.2, 0.25) is 5.91 Å². The summed E-state index contributed by atoms with van der Waals surface area (Å²) in [5, 5.41) is 6.19. The average Bonchev–Trinajstić information content (AvgIpc) is 2.53. The molecule has 3 nitrogen and oxygen atoms in total. The van der Waals surface area contributed by atoms with Gasteiger partial charge in [0, 0.05) is 25.2 Å². The molecule has 0 saturated carbocycles. The third-order valence-corrected chi connectivity index (χ3v) is 3.78. The summed E-state index contributed by atoms with van der Waals surface area (Å²) in [6, 6.07) is 14.2. The van der Waals surface area contributed by atoms with Crippen LogP contribution in [0.3, 0.4) is 0 Å². The van der Waals surface area contributed by atoms with Gasteiger partial charge < -0.3 is 10.6 Å². The number of hydrogen-bond acceptors (Lipinski definition) is 2. The van der Waals surface area contributed by atoms with Crippen LogP contribution in [0.4, 0.5) is 10.1 Å². The first-order valence-electron chi connectivity index (χ1n) is 8.21. The second-order valence-corrected chi connectivity index (χ2v) is 6.90. The Kier molecular flexibility index (Phi) is 6.10. The van der Waals surface area contributed by atoms with E-state index < -0.39 is 0 Å². The zero-order valence-corrected chi connectivity index (χ0v) is 14.5. The van der Waals surface area contributed by atoms with Crippen LogP contribution in [0.2, 0.25) is 0 Å². The van der Waals surface area contributed by atoms with Crippen molar-refractivity contribution in [2.24, 2.45) is 0 Å². The lowest BCUT2D eigenvalue weighted by atomic mass is 9.86. The molecule has 1 amide bonds. The number of nitrogens with one attached hydrogen (secondary N) is 2. The van der Waals surface area contributed by atoms with E-state index in [1.54, 1.807) is 12.1 Å². The Bertz CT molecular complexity index is 675. The molecule has 0 fully saturated rings. The predicted octanol–water partition coefficient (Wildman–Crippen LogP) is 4.24. The molecule has 2 N–H and O–H groups in total. The minimum Gasteiger partial charge on any atom is -0.326 e. The Morgan fingerprint density at radius 3 is 2.38 bits per heavy atom. The summed E-state index contributed by atoms with van der Waals surface area (Å²) >= 11 is 0. The van der Waals surface area contributed by atoms with Crippen molar-refractivity contribution in [3.8, 4) is 0 Å². The Morgan fingerprint density at radius 2 is 1.71 bits per heavy atom. The molecule has 0 spiro atoms. The van der Waals surface area contributed by atoms with Gasteiger partial charge >= 0.3 is 0 Å². The molecule has 24 heavy (non-hydrogen) atoms. The second kappa shape index (κ2) is 8.06. The van der Waals surface area contributed by atoms with E-state index in [9.17, 15) is 9.18 Å². The molecule has 128 valence electrons. The number of halogens is 1. The third kappa shape index (κ3) is 5.46. The SMILES string of the molecule is CC(C)(C)c1ccccc1NC(=O)CCNCc1ccc(F)cc1. The van der Waals surface area contributed by atoms with Gasteiger partial charge in [0.25, 0.3) is 0 Å². The summed E-state index contributed by atoms with van der Waals surface area (Å²) in [5.41, 5.74) is 2.96. The molecule has 0 unspecified atom stereocenters. The molecule has 0 aromatic heterocycles. The lowest BCUT2D eigenvalue weighted by molar-refractivity contribution is -0.116. The lowest BCUT2D eigenvalue weighted by Gasteiger charge is -2.23. The van der Waals surface area contributed by atoms with Crippen molar-refractivity contribution in [3.05, 3.63) is 65.5 Å². The molecule has 0 aliphatic carbocycles. The van der Waals surface area contributed by atoms with Crippen molar-refractivity contribution in [1.29, 1.82) is 0 Å². The quantitative estimate of drug-likeness (QED) is 0.779. The van der Waals surface area contributed by atoms with E-state index in [4.69, 9.17) is 0 Å². The molecular formula is C20H25FN2O. The molecule has 0 aliphatic rings. The van der Waals surface area contributed by atoms with Gasteiger partial charge in [-0.05, 0) is 34.7 Å². The Labute approximate surface area is 143 Å². The van der Waals surface area contributed by atoms with Crippen molar-refractivity contribution < 1.29 is 9.18 Å². The van der Waals surface area contributed by atoms with Crippen LogP contribution in [0.1, 0.15) is 38.3 Å². The summed E-state index contributed by atoms with van der Waals surface area (Å²) < 4.78 is 12.8. The van der Waals surface area contributed by atoms with Crippen molar-refractivity contribution in [2.75, 3.05) is 11.9 Å². The van der Waals surface area contributed by atoms with E-state index >= 15 is 0 Å². The maximum absolute atomic E-state index is 12.8.